The van der Waals surface area contributed by atoms with Crippen LogP contribution in [-0.4, -0.2) is 65.9 Å². The Morgan fingerprint density at radius 2 is 1.56 bits per heavy atom. The highest BCUT2D eigenvalue weighted by Crippen LogP contribution is 2.21. The second-order valence-electron chi connectivity index (χ2n) is 6.48. The number of benzene rings is 1. The van der Waals surface area contributed by atoms with Gasteiger partial charge >= 0.3 is 6.03 Å². The smallest absolute Gasteiger partial charge is 0.320 e. The number of hydrogen-bond acceptors (Lipinski definition) is 2. The average Bonchev–Trinajstić information content (AvgIpc) is 2.63. The van der Waals surface area contributed by atoms with Crippen molar-refractivity contribution in [3.8, 4) is 0 Å². The molecule has 1 aromatic carbocycles. The van der Waals surface area contributed by atoms with Gasteiger partial charge in [-0.15, -0.1) is 0 Å². The van der Waals surface area contributed by atoms with Crippen molar-refractivity contribution in [2.45, 2.75) is 33.1 Å². The molecule has 0 spiro atoms. The fourth-order valence-electron chi connectivity index (χ4n) is 3.14. The minimum Gasteiger partial charge on any atom is -0.339 e. The second-order valence-corrected chi connectivity index (χ2v) is 6.48. The molecule has 2 rings (SSSR count). The molecule has 0 N–H and O–H groups in total. The quantitative estimate of drug-likeness (QED) is 0.820. The van der Waals surface area contributed by atoms with Crippen LogP contribution in [0.2, 0.25) is 0 Å². The predicted octanol–water partition coefficient (Wildman–Crippen LogP) is 2.93. The monoisotopic (exact) mass is 349 g/mol. The fourth-order valence-corrected chi connectivity index (χ4v) is 3.14. The van der Waals surface area contributed by atoms with E-state index >= 15 is 0 Å². The Hall–Kier alpha value is -2.11. The molecule has 1 atom stereocenters. The summed E-state index contributed by atoms with van der Waals surface area (Å²) in [6, 6.07) is 6.36. The maximum Gasteiger partial charge on any atom is 0.320 e. The molecule has 6 heteroatoms. The van der Waals surface area contributed by atoms with E-state index in [4.69, 9.17) is 0 Å². The SMILES string of the molecule is CCN(CC)C(=O)N1CCN(C(=O)CC(C)c2ccc(F)cc2)CC1. The fraction of sp³-hybridized carbons (Fsp3) is 0.579. The van der Waals surface area contributed by atoms with Gasteiger partial charge in [0, 0.05) is 45.7 Å². The van der Waals surface area contributed by atoms with Gasteiger partial charge in [0.25, 0.3) is 0 Å². The van der Waals surface area contributed by atoms with Crippen molar-refractivity contribution in [1.82, 2.24) is 14.7 Å². The molecule has 25 heavy (non-hydrogen) atoms. The lowest BCUT2D eigenvalue weighted by Gasteiger charge is -2.37. The number of rotatable bonds is 5. The zero-order chi connectivity index (χ0) is 18.4. The van der Waals surface area contributed by atoms with Crippen LogP contribution in [-0.2, 0) is 4.79 Å². The van der Waals surface area contributed by atoms with Crippen LogP contribution >= 0.6 is 0 Å². The molecule has 1 aromatic rings. The highest BCUT2D eigenvalue weighted by Gasteiger charge is 2.26. The molecule has 0 aliphatic carbocycles. The third kappa shape index (κ3) is 4.94. The van der Waals surface area contributed by atoms with Crippen molar-refractivity contribution in [2.75, 3.05) is 39.3 Å². The van der Waals surface area contributed by atoms with E-state index in [0.29, 0.717) is 45.7 Å². The zero-order valence-corrected chi connectivity index (χ0v) is 15.4. The van der Waals surface area contributed by atoms with Gasteiger partial charge in [0.2, 0.25) is 5.91 Å². The minimum absolute atomic E-state index is 0.0448. The molecule has 3 amide bonds. The van der Waals surface area contributed by atoms with Gasteiger partial charge in [-0.1, -0.05) is 19.1 Å². The third-order valence-corrected chi connectivity index (χ3v) is 4.86. The van der Waals surface area contributed by atoms with Crippen LogP contribution in [0.25, 0.3) is 0 Å². The van der Waals surface area contributed by atoms with E-state index in [1.54, 1.807) is 17.0 Å². The Balaban J connectivity index is 1.84. The first-order valence-corrected chi connectivity index (χ1v) is 9.03. The number of halogens is 1. The van der Waals surface area contributed by atoms with Crippen molar-refractivity contribution in [3.05, 3.63) is 35.6 Å². The molecular weight excluding hydrogens is 321 g/mol. The van der Waals surface area contributed by atoms with Gasteiger partial charge in [-0.2, -0.15) is 0 Å². The van der Waals surface area contributed by atoms with Crippen molar-refractivity contribution < 1.29 is 14.0 Å². The van der Waals surface area contributed by atoms with E-state index < -0.39 is 0 Å². The van der Waals surface area contributed by atoms with Gasteiger partial charge < -0.3 is 14.7 Å². The van der Waals surface area contributed by atoms with Crippen molar-refractivity contribution in [3.63, 3.8) is 0 Å². The number of piperazine rings is 1. The Kier molecular flexibility index (Phi) is 6.79. The first-order chi connectivity index (χ1) is 12.0. The van der Waals surface area contributed by atoms with Crippen LogP contribution in [0.1, 0.15) is 38.7 Å². The summed E-state index contributed by atoms with van der Waals surface area (Å²) in [5, 5.41) is 0. The van der Waals surface area contributed by atoms with Crippen LogP contribution in [0.4, 0.5) is 9.18 Å². The predicted molar refractivity (Wildman–Crippen MR) is 95.9 cm³/mol. The molecule has 1 fully saturated rings. The maximum absolute atomic E-state index is 13.0. The number of urea groups is 1. The van der Waals surface area contributed by atoms with Crippen LogP contribution in [0, 0.1) is 5.82 Å². The van der Waals surface area contributed by atoms with Gasteiger partial charge in [0.15, 0.2) is 0 Å². The summed E-state index contributed by atoms with van der Waals surface area (Å²) >= 11 is 0. The Labute approximate surface area is 149 Å². The summed E-state index contributed by atoms with van der Waals surface area (Å²) in [6.07, 6.45) is 0.398. The number of carbonyl (C=O) groups excluding carboxylic acids is 2. The van der Waals surface area contributed by atoms with E-state index in [0.717, 1.165) is 5.56 Å². The van der Waals surface area contributed by atoms with E-state index in [-0.39, 0.29) is 23.7 Å². The molecule has 1 saturated heterocycles. The largest absolute Gasteiger partial charge is 0.339 e. The maximum atomic E-state index is 13.0. The highest BCUT2D eigenvalue weighted by molar-refractivity contribution is 5.78. The average molecular weight is 349 g/mol. The van der Waals surface area contributed by atoms with Crippen LogP contribution in [0.5, 0.6) is 0 Å². The van der Waals surface area contributed by atoms with Gasteiger partial charge in [-0.25, -0.2) is 9.18 Å². The van der Waals surface area contributed by atoms with Crippen molar-refractivity contribution in [1.29, 1.82) is 0 Å². The number of hydrogen-bond donors (Lipinski definition) is 0. The number of carbonyl (C=O) groups is 2. The highest BCUT2D eigenvalue weighted by atomic mass is 19.1. The molecule has 1 unspecified atom stereocenters. The molecule has 1 heterocycles. The lowest BCUT2D eigenvalue weighted by atomic mass is 9.97. The summed E-state index contributed by atoms with van der Waals surface area (Å²) in [5.74, 6) is -0.133. The lowest BCUT2D eigenvalue weighted by molar-refractivity contribution is -0.133. The molecule has 0 bridgehead atoms. The molecular formula is C19H28FN3O2. The number of amides is 3. The van der Waals surface area contributed by atoms with Gasteiger partial charge in [0.1, 0.15) is 5.82 Å². The molecule has 1 aliphatic heterocycles. The summed E-state index contributed by atoms with van der Waals surface area (Å²) in [6.45, 7) is 9.61. The Bertz CT molecular complexity index is 579. The molecule has 0 saturated carbocycles. The van der Waals surface area contributed by atoms with Gasteiger partial charge in [-0.3, -0.25) is 4.79 Å². The van der Waals surface area contributed by atoms with E-state index in [9.17, 15) is 14.0 Å². The summed E-state index contributed by atoms with van der Waals surface area (Å²) in [7, 11) is 0. The van der Waals surface area contributed by atoms with Gasteiger partial charge in [-0.05, 0) is 37.5 Å². The Morgan fingerprint density at radius 1 is 1.04 bits per heavy atom. The number of nitrogens with zero attached hydrogens (tertiary/aromatic N) is 3. The lowest BCUT2D eigenvalue weighted by Crippen LogP contribution is -2.54. The zero-order valence-electron chi connectivity index (χ0n) is 15.4. The normalized spacial score (nSPS) is 15.8. The third-order valence-electron chi connectivity index (χ3n) is 4.86. The van der Waals surface area contributed by atoms with E-state index in [1.165, 1.54) is 12.1 Å². The van der Waals surface area contributed by atoms with Crippen LogP contribution in [0.15, 0.2) is 24.3 Å². The second kappa shape index (κ2) is 8.83. The first-order valence-electron chi connectivity index (χ1n) is 9.03. The van der Waals surface area contributed by atoms with E-state index in [1.807, 2.05) is 30.6 Å². The van der Waals surface area contributed by atoms with E-state index in [2.05, 4.69) is 0 Å². The minimum atomic E-state index is -0.267. The van der Waals surface area contributed by atoms with Crippen LogP contribution in [0.3, 0.4) is 0 Å². The van der Waals surface area contributed by atoms with Crippen LogP contribution < -0.4 is 0 Å². The standard InChI is InChI=1S/C19H28FN3O2/c1-4-21(5-2)19(25)23-12-10-22(11-13-23)18(24)14-15(3)16-6-8-17(20)9-7-16/h6-9,15H,4-5,10-14H2,1-3H3. The molecule has 1 aliphatic rings. The molecule has 138 valence electrons. The van der Waals surface area contributed by atoms with Crippen molar-refractivity contribution >= 4 is 11.9 Å². The van der Waals surface area contributed by atoms with Crippen molar-refractivity contribution in [2.24, 2.45) is 0 Å². The molecule has 5 nitrogen and oxygen atoms in total. The summed E-state index contributed by atoms with van der Waals surface area (Å²) in [4.78, 5) is 30.3. The summed E-state index contributed by atoms with van der Waals surface area (Å²) < 4.78 is 13.0. The molecule has 0 radical (unpaired) electrons. The molecule has 0 aromatic heterocycles. The topological polar surface area (TPSA) is 43.9 Å². The van der Waals surface area contributed by atoms with Gasteiger partial charge in [0.05, 0.1) is 0 Å². The summed E-state index contributed by atoms with van der Waals surface area (Å²) in [5.41, 5.74) is 0.963. The Morgan fingerprint density at radius 3 is 2.08 bits per heavy atom. The first kappa shape index (κ1) is 19.2.